The molecule has 1 atom stereocenters. The van der Waals surface area contributed by atoms with E-state index in [2.05, 4.69) is 5.32 Å². The van der Waals surface area contributed by atoms with Crippen LogP contribution in [0.5, 0.6) is 5.75 Å². The summed E-state index contributed by atoms with van der Waals surface area (Å²) in [5, 5.41) is 11.7. The first kappa shape index (κ1) is 19.1. The second-order valence-corrected chi connectivity index (χ2v) is 5.67. The van der Waals surface area contributed by atoms with Crippen LogP contribution in [0, 0.1) is 5.82 Å². The fraction of sp³-hybridized carbons (Fsp3) is 0.529. The number of halogens is 1. The van der Waals surface area contributed by atoms with Gasteiger partial charge in [0, 0.05) is 13.2 Å². The fourth-order valence-electron chi connectivity index (χ4n) is 2.54. The molecule has 1 fully saturated rings. The number of aliphatic carboxylic acids is 1. The number of carboxylic acids is 1. The maximum atomic E-state index is 13.8. The van der Waals surface area contributed by atoms with Crippen LogP contribution in [-0.2, 0) is 19.1 Å². The van der Waals surface area contributed by atoms with Crippen molar-refractivity contribution >= 4 is 11.9 Å². The summed E-state index contributed by atoms with van der Waals surface area (Å²) in [6, 6.07) is 2.42. The van der Waals surface area contributed by atoms with Gasteiger partial charge >= 0.3 is 5.97 Å². The monoisotopic (exact) mass is 355 g/mol. The summed E-state index contributed by atoms with van der Waals surface area (Å²) in [5.74, 6) is -2.44. The Bertz CT molecular complexity index is 603. The van der Waals surface area contributed by atoms with E-state index in [1.165, 1.54) is 19.2 Å². The zero-order valence-corrected chi connectivity index (χ0v) is 14.0. The van der Waals surface area contributed by atoms with E-state index in [0.717, 1.165) is 18.9 Å². The SMILES string of the molecule is COc1ccc(C(NC(=O)CCOC2CCOCC2)C(=O)O)cc1F. The van der Waals surface area contributed by atoms with Crippen molar-refractivity contribution in [2.45, 2.75) is 31.4 Å². The summed E-state index contributed by atoms with van der Waals surface area (Å²) in [5.41, 5.74) is 0.129. The fourth-order valence-corrected chi connectivity index (χ4v) is 2.54. The molecule has 1 aromatic carbocycles. The highest BCUT2D eigenvalue weighted by Gasteiger charge is 2.23. The molecule has 2 N–H and O–H groups in total. The molecule has 25 heavy (non-hydrogen) atoms. The van der Waals surface area contributed by atoms with Crippen molar-refractivity contribution in [3.05, 3.63) is 29.6 Å². The number of rotatable bonds is 8. The maximum absolute atomic E-state index is 13.8. The van der Waals surface area contributed by atoms with Crippen LogP contribution in [0.4, 0.5) is 4.39 Å². The lowest BCUT2D eigenvalue weighted by molar-refractivity contribution is -0.142. The average Bonchev–Trinajstić information content (AvgIpc) is 2.60. The highest BCUT2D eigenvalue weighted by atomic mass is 19.1. The molecular weight excluding hydrogens is 333 g/mol. The summed E-state index contributed by atoms with van der Waals surface area (Å²) in [7, 11) is 1.31. The second-order valence-electron chi connectivity index (χ2n) is 5.67. The number of carboxylic acid groups (broad SMARTS) is 1. The number of methoxy groups -OCH3 is 1. The van der Waals surface area contributed by atoms with Crippen LogP contribution in [0.25, 0.3) is 0 Å². The van der Waals surface area contributed by atoms with Gasteiger partial charge in [-0.05, 0) is 30.5 Å². The Morgan fingerprint density at radius 2 is 2.12 bits per heavy atom. The first-order valence-corrected chi connectivity index (χ1v) is 8.06. The van der Waals surface area contributed by atoms with Gasteiger partial charge in [0.25, 0.3) is 0 Å². The van der Waals surface area contributed by atoms with Crippen LogP contribution in [-0.4, -0.2) is 50.0 Å². The van der Waals surface area contributed by atoms with Crippen molar-refractivity contribution in [1.29, 1.82) is 0 Å². The third-order valence-electron chi connectivity index (χ3n) is 3.91. The topological polar surface area (TPSA) is 94.1 Å². The van der Waals surface area contributed by atoms with Gasteiger partial charge in [-0.3, -0.25) is 4.79 Å². The van der Waals surface area contributed by atoms with Crippen molar-refractivity contribution < 1.29 is 33.3 Å². The molecule has 1 aliphatic rings. The molecule has 138 valence electrons. The van der Waals surface area contributed by atoms with Crippen LogP contribution in [0.3, 0.4) is 0 Å². The largest absolute Gasteiger partial charge is 0.494 e. The lowest BCUT2D eigenvalue weighted by Gasteiger charge is -2.22. The van der Waals surface area contributed by atoms with Crippen molar-refractivity contribution in [3.63, 3.8) is 0 Å². The Hall–Kier alpha value is -2.19. The molecule has 0 aliphatic carbocycles. The first-order chi connectivity index (χ1) is 12.0. The van der Waals surface area contributed by atoms with Gasteiger partial charge in [-0.1, -0.05) is 6.07 Å². The molecule has 0 radical (unpaired) electrons. The van der Waals surface area contributed by atoms with Crippen LogP contribution in [0.1, 0.15) is 30.9 Å². The van der Waals surface area contributed by atoms with Gasteiger partial charge in [0.1, 0.15) is 0 Å². The minimum absolute atomic E-state index is 0.00377. The smallest absolute Gasteiger partial charge is 0.330 e. The maximum Gasteiger partial charge on any atom is 0.330 e. The Labute approximate surface area is 145 Å². The molecule has 8 heteroatoms. The van der Waals surface area contributed by atoms with E-state index >= 15 is 0 Å². The first-order valence-electron chi connectivity index (χ1n) is 8.06. The molecule has 2 rings (SSSR count). The number of benzene rings is 1. The Kier molecular flexibility index (Phi) is 7.15. The summed E-state index contributed by atoms with van der Waals surface area (Å²) >= 11 is 0. The normalized spacial score (nSPS) is 16.2. The van der Waals surface area contributed by atoms with Gasteiger partial charge in [-0.2, -0.15) is 0 Å². The van der Waals surface area contributed by atoms with E-state index in [-0.39, 0.29) is 30.4 Å². The number of carbonyl (C=O) groups is 2. The molecule has 7 nitrogen and oxygen atoms in total. The standard InChI is InChI=1S/C17H22FNO6/c1-23-14-3-2-11(10-13(14)18)16(17(21)22)19-15(20)6-9-25-12-4-7-24-8-5-12/h2-3,10,12,16H,4-9H2,1H3,(H,19,20)(H,21,22). The number of carbonyl (C=O) groups excluding carboxylic acids is 1. The van der Waals surface area contributed by atoms with Gasteiger partial charge in [-0.15, -0.1) is 0 Å². The number of nitrogens with one attached hydrogen (secondary N) is 1. The van der Waals surface area contributed by atoms with Gasteiger partial charge in [-0.25, -0.2) is 9.18 Å². The number of hydrogen-bond acceptors (Lipinski definition) is 5. The van der Waals surface area contributed by atoms with Crippen LogP contribution in [0.2, 0.25) is 0 Å². The molecule has 1 aromatic rings. The highest BCUT2D eigenvalue weighted by molar-refractivity contribution is 5.84. The molecule has 1 heterocycles. The summed E-state index contributed by atoms with van der Waals surface area (Å²) in [4.78, 5) is 23.4. The minimum Gasteiger partial charge on any atom is -0.494 e. The Balaban J connectivity index is 1.88. The molecule has 1 unspecified atom stereocenters. The number of amides is 1. The van der Waals surface area contributed by atoms with E-state index < -0.39 is 23.7 Å². The van der Waals surface area contributed by atoms with Gasteiger partial charge < -0.3 is 24.6 Å². The highest BCUT2D eigenvalue weighted by Crippen LogP contribution is 2.22. The van der Waals surface area contributed by atoms with Crippen LogP contribution in [0.15, 0.2) is 18.2 Å². The zero-order valence-electron chi connectivity index (χ0n) is 14.0. The second kappa shape index (κ2) is 9.33. The molecular formula is C17H22FNO6. The van der Waals surface area contributed by atoms with E-state index in [0.29, 0.717) is 13.2 Å². The van der Waals surface area contributed by atoms with E-state index in [1.54, 1.807) is 0 Å². The lowest BCUT2D eigenvalue weighted by atomic mass is 10.1. The number of hydrogen-bond donors (Lipinski definition) is 2. The Morgan fingerprint density at radius 3 is 2.72 bits per heavy atom. The number of ether oxygens (including phenoxy) is 3. The van der Waals surface area contributed by atoms with E-state index in [4.69, 9.17) is 14.2 Å². The van der Waals surface area contributed by atoms with E-state index in [1.807, 2.05) is 0 Å². The van der Waals surface area contributed by atoms with Crippen molar-refractivity contribution in [3.8, 4) is 5.75 Å². The zero-order chi connectivity index (χ0) is 18.2. The summed E-state index contributed by atoms with van der Waals surface area (Å²) in [6.45, 7) is 1.47. The van der Waals surface area contributed by atoms with Gasteiger partial charge in [0.15, 0.2) is 17.6 Å². The molecule has 0 saturated carbocycles. The lowest BCUT2D eigenvalue weighted by Crippen LogP contribution is -2.34. The van der Waals surface area contributed by atoms with Gasteiger partial charge in [0.2, 0.25) is 5.91 Å². The van der Waals surface area contributed by atoms with Crippen LogP contribution >= 0.6 is 0 Å². The molecule has 1 amide bonds. The minimum atomic E-state index is -1.34. The summed E-state index contributed by atoms with van der Waals surface area (Å²) < 4.78 is 29.4. The molecule has 0 aromatic heterocycles. The summed E-state index contributed by atoms with van der Waals surface area (Å²) in [6.07, 6.45) is 1.65. The third kappa shape index (κ3) is 5.68. The van der Waals surface area contributed by atoms with Gasteiger partial charge in [0.05, 0.1) is 26.2 Å². The Morgan fingerprint density at radius 1 is 1.40 bits per heavy atom. The van der Waals surface area contributed by atoms with Crippen molar-refractivity contribution in [1.82, 2.24) is 5.32 Å². The molecule has 0 bridgehead atoms. The molecule has 1 saturated heterocycles. The van der Waals surface area contributed by atoms with Crippen LogP contribution < -0.4 is 10.1 Å². The van der Waals surface area contributed by atoms with Crippen molar-refractivity contribution in [2.24, 2.45) is 0 Å². The third-order valence-corrected chi connectivity index (χ3v) is 3.91. The quantitative estimate of drug-likeness (QED) is 0.737. The van der Waals surface area contributed by atoms with Crippen molar-refractivity contribution in [2.75, 3.05) is 26.9 Å². The average molecular weight is 355 g/mol. The van der Waals surface area contributed by atoms with E-state index in [9.17, 15) is 19.1 Å². The molecule has 1 aliphatic heterocycles. The molecule has 0 spiro atoms. The predicted molar refractivity (Wildman–Crippen MR) is 85.9 cm³/mol. The predicted octanol–water partition coefficient (Wildman–Crippen LogP) is 1.66.